The third kappa shape index (κ3) is 4.44. The van der Waals surface area contributed by atoms with E-state index in [0.29, 0.717) is 29.2 Å². The molecule has 0 atom stereocenters. The van der Waals surface area contributed by atoms with E-state index in [9.17, 15) is 14.7 Å². The predicted molar refractivity (Wildman–Crippen MR) is 95.3 cm³/mol. The monoisotopic (exact) mass is 359 g/mol. The van der Waals surface area contributed by atoms with Crippen LogP contribution in [0.3, 0.4) is 0 Å². The first kappa shape index (κ1) is 19.1. The molecule has 1 amide bonds. The van der Waals surface area contributed by atoms with Crippen molar-refractivity contribution < 1.29 is 28.9 Å². The van der Waals surface area contributed by atoms with Crippen LogP contribution in [-0.2, 0) is 6.54 Å². The van der Waals surface area contributed by atoms with E-state index in [4.69, 9.17) is 14.2 Å². The highest BCUT2D eigenvalue weighted by atomic mass is 16.5. The summed E-state index contributed by atoms with van der Waals surface area (Å²) in [6, 6.07) is 9.64. The number of amides is 1. The summed E-state index contributed by atoms with van der Waals surface area (Å²) in [7, 11) is 2.91. The van der Waals surface area contributed by atoms with Crippen molar-refractivity contribution in [3.05, 3.63) is 53.1 Å². The maximum Gasteiger partial charge on any atom is 0.339 e. The molecule has 26 heavy (non-hydrogen) atoms. The lowest BCUT2D eigenvalue weighted by Crippen LogP contribution is -2.23. The number of ether oxygens (including phenoxy) is 3. The van der Waals surface area contributed by atoms with Gasteiger partial charge in [-0.15, -0.1) is 0 Å². The molecular formula is C19H21NO6. The zero-order valence-corrected chi connectivity index (χ0v) is 14.9. The number of benzene rings is 2. The minimum atomic E-state index is -1.09. The number of carbonyl (C=O) groups excluding carboxylic acids is 1. The molecule has 7 heteroatoms. The number of nitrogens with one attached hydrogen (secondary N) is 1. The highest BCUT2D eigenvalue weighted by Crippen LogP contribution is 2.28. The van der Waals surface area contributed by atoms with Crippen molar-refractivity contribution in [3.8, 4) is 17.2 Å². The average molecular weight is 359 g/mol. The molecule has 0 saturated heterocycles. The molecule has 0 aliphatic rings. The molecule has 138 valence electrons. The quantitative estimate of drug-likeness (QED) is 0.753. The molecule has 0 fully saturated rings. The fourth-order valence-electron chi connectivity index (χ4n) is 2.40. The Balaban J connectivity index is 2.11. The van der Waals surface area contributed by atoms with Gasteiger partial charge in [0.2, 0.25) is 0 Å². The first-order valence-electron chi connectivity index (χ1n) is 7.99. The molecule has 2 aromatic carbocycles. The maximum absolute atomic E-state index is 12.3. The molecule has 0 aromatic heterocycles. The van der Waals surface area contributed by atoms with Crippen LogP contribution in [0.1, 0.15) is 33.2 Å². The summed E-state index contributed by atoms with van der Waals surface area (Å²) >= 11 is 0. The molecule has 0 bridgehead atoms. The molecular weight excluding hydrogens is 338 g/mol. The van der Waals surface area contributed by atoms with E-state index in [0.717, 1.165) is 0 Å². The second-order valence-corrected chi connectivity index (χ2v) is 5.32. The number of methoxy groups -OCH3 is 2. The molecule has 0 unspecified atom stereocenters. The second kappa shape index (κ2) is 8.75. The van der Waals surface area contributed by atoms with Crippen LogP contribution in [0.5, 0.6) is 17.2 Å². The van der Waals surface area contributed by atoms with Crippen molar-refractivity contribution in [1.82, 2.24) is 5.32 Å². The zero-order valence-electron chi connectivity index (χ0n) is 14.9. The summed E-state index contributed by atoms with van der Waals surface area (Å²) in [5.74, 6) is -0.0981. The summed E-state index contributed by atoms with van der Waals surface area (Å²) < 4.78 is 15.7. The number of hydrogen-bond acceptors (Lipinski definition) is 5. The third-order valence-electron chi connectivity index (χ3n) is 3.67. The number of hydrogen-bond donors (Lipinski definition) is 2. The topological polar surface area (TPSA) is 94.1 Å². The van der Waals surface area contributed by atoms with Gasteiger partial charge in [-0.25, -0.2) is 4.79 Å². The van der Waals surface area contributed by atoms with Gasteiger partial charge in [-0.05, 0) is 42.8 Å². The lowest BCUT2D eigenvalue weighted by molar-refractivity contribution is 0.0693. The van der Waals surface area contributed by atoms with Crippen molar-refractivity contribution in [3.63, 3.8) is 0 Å². The molecule has 0 saturated carbocycles. The summed E-state index contributed by atoms with van der Waals surface area (Å²) in [4.78, 5) is 23.6. The van der Waals surface area contributed by atoms with Crippen LogP contribution in [0.15, 0.2) is 36.4 Å². The molecule has 0 aliphatic heterocycles. The molecule has 0 aliphatic carbocycles. The van der Waals surface area contributed by atoms with E-state index >= 15 is 0 Å². The Morgan fingerprint density at radius 1 is 1.00 bits per heavy atom. The molecule has 0 radical (unpaired) electrons. The van der Waals surface area contributed by atoms with Crippen LogP contribution < -0.4 is 19.5 Å². The van der Waals surface area contributed by atoms with Crippen LogP contribution >= 0.6 is 0 Å². The normalized spacial score (nSPS) is 10.1. The molecule has 2 N–H and O–H groups in total. The number of aromatic carboxylic acids is 1. The van der Waals surface area contributed by atoms with E-state index in [1.54, 1.807) is 30.3 Å². The van der Waals surface area contributed by atoms with Gasteiger partial charge < -0.3 is 24.6 Å². The van der Waals surface area contributed by atoms with Gasteiger partial charge in [0.25, 0.3) is 5.91 Å². The number of carboxylic acid groups (broad SMARTS) is 1. The van der Waals surface area contributed by atoms with Crippen molar-refractivity contribution in [2.75, 3.05) is 20.8 Å². The van der Waals surface area contributed by atoms with Gasteiger partial charge >= 0.3 is 5.97 Å². The van der Waals surface area contributed by atoms with Crippen molar-refractivity contribution in [2.45, 2.75) is 13.5 Å². The number of carbonyl (C=O) groups is 2. The Hall–Kier alpha value is -3.22. The van der Waals surface area contributed by atoms with Crippen LogP contribution in [-0.4, -0.2) is 37.8 Å². The van der Waals surface area contributed by atoms with E-state index in [-0.39, 0.29) is 23.8 Å². The van der Waals surface area contributed by atoms with Gasteiger partial charge in [0.1, 0.15) is 11.3 Å². The minimum Gasteiger partial charge on any atom is -0.496 e. The highest BCUT2D eigenvalue weighted by molar-refractivity contribution is 5.95. The third-order valence-corrected chi connectivity index (χ3v) is 3.67. The van der Waals surface area contributed by atoms with Gasteiger partial charge in [0.05, 0.1) is 20.8 Å². The van der Waals surface area contributed by atoms with Crippen molar-refractivity contribution >= 4 is 11.9 Å². The maximum atomic E-state index is 12.3. The Bertz CT molecular complexity index is 803. The lowest BCUT2D eigenvalue weighted by Gasteiger charge is -2.12. The highest BCUT2D eigenvalue weighted by Gasteiger charge is 2.14. The van der Waals surface area contributed by atoms with Gasteiger partial charge in [-0.3, -0.25) is 4.79 Å². The van der Waals surface area contributed by atoms with E-state index in [1.165, 1.54) is 20.3 Å². The van der Waals surface area contributed by atoms with Crippen LogP contribution in [0, 0.1) is 0 Å². The fourth-order valence-corrected chi connectivity index (χ4v) is 2.40. The molecule has 2 aromatic rings. The number of carboxylic acids is 1. The van der Waals surface area contributed by atoms with Gasteiger partial charge in [-0.1, -0.05) is 6.07 Å². The first-order chi connectivity index (χ1) is 12.5. The van der Waals surface area contributed by atoms with Crippen LogP contribution in [0.4, 0.5) is 0 Å². The zero-order chi connectivity index (χ0) is 19.1. The molecule has 7 nitrogen and oxygen atoms in total. The minimum absolute atomic E-state index is 0.0435. The average Bonchev–Trinajstić information content (AvgIpc) is 2.66. The SMILES string of the molecule is CCOc1ccc(C(=O)NCc2ccc(OC)c(C(=O)O)c2)cc1OC. The summed E-state index contributed by atoms with van der Waals surface area (Å²) in [6.45, 7) is 2.53. The molecule has 0 spiro atoms. The lowest BCUT2D eigenvalue weighted by atomic mass is 10.1. The van der Waals surface area contributed by atoms with Gasteiger partial charge in [0, 0.05) is 12.1 Å². The smallest absolute Gasteiger partial charge is 0.339 e. The van der Waals surface area contributed by atoms with E-state index in [2.05, 4.69) is 5.32 Å². The Labute approximate surface area is 151 Å². The van der Waals surface area contributed by atoms with Crippen molar-refractivity contribution in [2.24, 2.45) is 0 Å². The first-order valence-corrected chi connectivity index (χ1v) is 7.99. The van der Waals surface area contributed by atoms with Crippen LogP contribution in [0.25, 0.3) is 0 Å². The Kier molecular flexibility index (Phi) is 6.43. The fraction of sp³-hybridized carbons (Fsp3) is 0.263. The predicted octanol–water partition coefficient (Wildman–Crippen LogP) is 2.73. The van der Waals surface area contributed by atoms with E-state index < -0.39 is 5.97 Å². The second-order valence-electron chi connectivity index (χ2n) is 5.32. The van der Waals surface area contributed by atoms with Gasteiger partial charge in [-0.2, -0.15) is 0 Å². The van der Waals surface area contributed by atoms with Crippen LogP contribution in [0.2, 0.25) is 0 Å². The number of rotatable bonds is 8. The largest absolute Gasteiger partial charge is 0.496 e. The van der Waals surface area contributed by atoms with Crippen molar-refractivity contribution in [1.29, 1.82) is 0 Å². The van der Waals surface area contributed by atoms with E-state index in [1.807, 2.05) is 6.92 Å². The molecule has 2 rings (SSSR count). The Morgan fingerprint density at radius 2 is 1.69 bits per heavy atom. The summed E-state index contributed by atoms with van der Waals surface area (Å²) in [6.07, 6.45) is 0. The van der Waals surface area contributed by atoms with Gasteiger partial charge in [0.15, 0.2) is 11.5 Å². The summed E-state index contributed by atoms with van der Waals surface area (Å²) in [5, 5.41) is 12.0. The summed E-state index contributed by atoms with van der Waals surface area (Å²) in [5.41, 5.74) is 1.11. The standard InChI is InChI=1S/C19H21NO6/c1-4-26-16-8-6-13(10-17(16)25-3)18(21)20-11-12-5-7-15(24-2)14(9-12)19(22)23/h5-10H,4,11H2,1-3H3,(H,20,21)(H,22,23). The molecule has 0 heterocycles. The Morgan fingerprint density at radius 3 is 2.31 bits per heavy atom.